The number of carbonyl (C=O) groups is 2. The SMILES string of the molecule is COC(=O)c1ccccc1/C=C/[C@@H]1CCC[C@@]1(Br)NC(=O)OC(C)(C)C. The van der Waals surface area contributed by atoms with Gasteiger partial charge in [0.1, 0.15) is 10.0 Å². The molecule has 1 aromatic carbocycles. The van der Waals surface area contributed by atoms with Gasteiger partial charge in [-0.05, 0) is 51.7 Å². The van der Waals surface area contributed by atoms with Crippen molar-refractivity contribution in [3.8, 4) is 0 Å². The molecule has 1 amide bonds. The molecule has 1 aliphatic rings. The van der Waals surface area contributed by atoms with Crippen LogP contribution in [0.5, 0.6) is 0 Å². The number of alkyl halides is 1. The van der Waals surface area contributed by atoms with Crippen LogP contribution in [0.25, 0.3) is 6.08 Å². The number of rotatable bonds is 4. The fraction of sp³-hybridized carbons (Fsp3) is 0.500. The first-order valence-electron chi connectivity index (χ1n) is 8.70. The number of carbonyl (C=O) groups excluding carboxylic acids is 2. The predicted octanol–water partition coefficient (Wildman–Crippen LogP) is 4.90. The van der Waals surface area contributed by atoms with Gasteiger partial charge in [-0.25, -0.2) is 9.59 Å². The molecule has 6 heteroatoms. The third kappa shape index (κ3) is 5.34. The summed E-state index contributed by atoms with van der Waals surface area (Å²) in [4.78, 5) is 24.1. The van der Waals surface area contributed by atoms with E-state index in [4.69, 9.17) is 9.47 Å². The van der Waals surface area contributed by atoms with Crippen molar-refractivity contribution < 1.29 is 19.1 Å². The van der Waals surface area contributed by atoms with Gasteiger partial charge in [-0.3, -0.25) is 0 Å². The highest BCUT2D eigenvalue weighted by molar-refractivity contribution is 9.10. The standard InChI is InChI=1S/C20H26BrNO4/c1-19(2,3)26-18(24)22-20(21)13-7-9-15(20)12-11-14-8-5-6-10-16(14)17(23)25-4/h5-6,8,10-12,15H,7,9,13H2,1-4H3,(H,22,24)/b12-11+/t15-,20+/m0/s1. The lowest BCUT2D eigenvalue weighted by Gasteiger charge is -2.30. The van der Waals surface area contributed by atoms with Crippen LogP contribution in [0.3, 0.4) is 0 Å². The minimum atomic E-state index is -0.550. The maximum atomic E-state index is 12.2. The van der Waals surface area contributed by atoms with Gasteiger partial charge < -0.3 is 14.8 Å². The Morgan fingerprint density at radius 2 is 2.00 bits per heavy atom. The van der Waals surface area contributed by atoms with E-state index in [9.17, 15) is 9.59 Å². The average molecular weight is 424 g/mol. The zero-order valence-electron chi connectivity index (χ0n) is 15.7. The first kappa shape index (κ1) is 20.5. The number of halogens is 1. The van der Waals surface area contributed by atoms with Crippen molar-refractivity contribution in [2.75, 3.05) is 7.11 Å². The molecule has 1 saturated carbocycles. The molecular weight excluding hydrogens is 398 g/mol. The second kappa shape index (κ2) is 8.25. The van der Waals surface area contributed by atoms with E-state index in [-0.39, 0.29) is 11.9 Å². The quantitative estimate of drug-likeness (QED) is 0.424. The van der Waals surface area contributed by atoms with E-state index < -0.39 is 16.1 Å². The van der Waals surface area contributed by atoms with Crippen LogP contribution < -0.4 is 5.32 Å². The number of hydrogen-bond donors (Lipinski definition) is 1. The molecule has 2 atom stereocenters. The molecule has 0 aromatic heterocycles. The number of ether oxygens (including phenoxy) is 2. The van der Waals surface area contributed by atoms with E-state index in [1.54, 1.807) is 12.1 Å². The number of benzene rings is 1. The monoisotopic (exact) mass is 423 g/mol. The third-order valence-corrected chi connectivity index (χ3v) is 5.41. The van der Waals surface area contributed by atoms with E-state index in [1.165, 1.54) is 7.11 Å². The Morgan fingerprint density at radius 3 is 2.65 bits per heavy atom. The highest BCUT2D eigenvalue weighted by Crippen LogP contribution is 2.42. The van der Waals surface area contributed by atoms with Crippen LogP contribution in [0.15, 0.2) is 30.3 Å². The molecule has 1 aromatic rings. The molecule has 0 unspecified atom stereocenters. The molecule has 0 spiro atoms. The Kier molecular flexibility index (Phi) is 6.50. The molecule has 1 fully saturated rings. The van der Waals surface area contributed by atoms with Crippen molar-refractivity contribution in [3.05, 3.63) is 41.5 Å². The molecule has 2 rings (SSSR count). The summed E-state index contributed by atoms with van der Waals surface area (Å²) in [7, 11) is 1.37. The molecule has 0 bridgehead atoms. The summed E-state index contributed by atoms with van der Waals surface area (Å²) in [6, 6.07) is 7.29. The molecule has 142 valence electrons. The highest BCUT2D eigenvalue weighted by atomic mass is 79.9. The summed E-state index contributed by atoms with van der Waals surface area (Å²) in [5, 5.41) is 2.96. The second-order valence-electron chi connectivity index (χ2n) is 7.43. The maximum Gasteiger partial charge on any atom is 0.408 e. The molecule has 1 aliphatic carbocycles. The lowest BCUT2D eigenvalue weighted by Crippen LogP contribution is -2.47. The van der Waals surface area contributed by atoms with Gasteiger partial charge >= 0.3 is 12.1 Å². The van der Waals surface area contributed by atoms with E-state index in [1.807, 2.05) is 45.1 Å². The third-order valence-electron chi connectivity index (χ3n) is 4.23. The van der Waals surface area contributed by atoms with E-state index in [0.29, 0.717) is 5.56 Å². The zero-order chi connectivity index (χ0) is 19.4. The first-order valence-corrected chi connectivity index (χ1v) is 9.49. The van der Waals surface area contributed by atoms with E-state index in [2.05, 4.69) is 21.2 Å². The van der Waals surface area contributed by atoms with Crippen LogP contribution in [-0.2, 0) is 9.47 Å². The van der Waals surface area contributed by atoms with Gasteiger partial charge in [0.05, 0.1) is 12.7 Å². The number of amides is 1. The Labute approximate surface area is 163 Å². The van der Waals surface area contributed by atoms with Crippen molar-refractivity contribution in [1.29, 1.82) is 0 Å². The van der Waals surface area contributed by atoms with Gasteiger partial charge in [0.2, 0.25) is 0 Å². The number of methoxy groups -OCH3 is 1. The lowest BCUT2D eigenvalue weighted by molar-refractivity contribution is 0.0488. The Balaban J connectivity index is 2.14. The maximum absolute atomic E-state index is 12.2. The first-order chi connectivity index (χ1) is 12.1. The number of alkyl carbamates (subject to hydrolysis) is 1. The summed E-state index contributed by atoms with van der Waals surface area (Å²) >= 11 is 3.70. The molecule has 0 saturated heterocycles. The Bertz CT molecular complexity index is 695. The van der Waals surface area contributed by atoms with Crippen molar-refractivity contribution in [2.45, 2.75) is 50.1 Å². The molecule has 26 heavy (non-hydrogen) atoms. The molecule has 0 heterocycles. The van der Waals surface area contributed by atoms with Crippen LogP contribution in [-0.4, -0.2) is 29.2 Å². The topological polar surface area (TPSA) is 64.6 Å². The summed E-state index contributed by atoms with van der Waals surface area (Å²) in [5.74, 6) is -0.283. The highest BCUT2D eigenvalue weighted by Gasteiger charge is 2.41. The molecule has 5 nitrogen and oxygen atoms in total. The predicted molar refractivity (Wildman–Crippen MR) is 105 cm³/mol. The summed E-state index contributed by atoms with van der Waals surface area (Å²) in [6.45, 7) is 5.51. The summed E-state index contributed by atoms with van der Waals surface area (Å²) in [5.41, 5.74) is 0.763. The van der Waals surface area contributed by atoms with Gasteiger partial charge in [-0.2, -0.15) is 0 Å². The lowest BCUT2D eigenvalue weighted by atomic mass is 10.00. The minimum Gasteiger partial charge on any atom is -0.465 e. The fourth-order valence-corrected chi connectivity index (χ4v) is 3.85. The van der Waals surface area contributed by atoms with Gasteiger partial charge in [0.25, 0.3) is 0 Å². The van der Waals surface area contributed by atoms with E-state index in [0.717, 1.165) is 24.8 Å². The minimum absolute atomic E-state index is 0.0840. The normalized spacial score (nSPS) is 23.0. The molecule has 0 aliphatic heterocycles. The van der Waals surface area contributed by atoms with E-state index >= 15 is 0 Å². The van der Waals surface area contributed by atoms with Crippen LogP contribution in [0.2, 0.25) is 0 Å². The molecule has 1 N–H and O–H groups in total. The fourth-order valence-electron chi connectivity index (χ4n) is 3.03. The van der Waals surface area contributed by atoms with Crippen LogP contribution >= 0.6 is 15.9 Å². The Hall–Kier alpha value is -1.82. The number of esters is 1. The smallest absolute Gasteiger partial charge is 0.408 e. The second-order valence-corrected chi connectivity index (χ2v) is 8.84. The Morgan fingerprint density at radius 1 is 1.31 bits per heavy atom. The summed E-state index contributed by atoms with van der Waals surface area (Å²) in [6.07, 6.45) is 6.22. The molecule has 0 radical (unpaired) electrons. The van der Waals surface area contributed by atoms with Gasteiger partial charge in [0, 0.05) is 5.92 Å². The zero-order valence-corrected chi connectivity index (χ0v) is 17.3. The van der Waals surface area contributed by atoms with Gasteiger partial charge in [-0.15, -0.1) is 0 Å². The summed E-state index contributed by atoms with van der Waals surface area (Å²) < 4.78 is 9.66. The molecular formula is C20H26BrNO4. The van der Waals surface area contributed by atoms with Crippen LogP contribution in [0.1, 0.15) is 56.0 Å². The van der Waals surface area contributed by atoms with Crippen molar-refractivity contribution in [1.82, 2.24) is 5.32 Å². The van der Waals surface area contributed by atoms with Gasteiger partial charge in [-0.1, -0.05) is 46.3 Å². The number of hydrogen-bond acceptors (Lipinski definition) is 4. The van der Waals surface area contributed by atoms with Crippen LogP contribution in [0, 0.1) is 5.92 Å². The number of nitrogens with one attached hydrogen (secondary N) is 1. The largest absolute Gasteiger partial charge is 0.465 e. The van der Waals surface area contributed by atoms with Crippen molar-refractivity contribution in [2.24, 2.45) is 5.92 Å². The van der Waals surface area contributed by atoms with Crippen molar-refractivity contribution in [3.63, 3.8) is 0 Å². The van der Waals surface area contributed by atoms with Crippen molar-refractivity contribution >= 4 is 34.1 Å². The van der Waals surface area contributed by atoms with Gasteiger partial charge in [0.15, 0.2) is 0 Å². The van der Waals surface area contributed by atoms with Crippen LogP contribution in [0.4, 0.5) is 4.79 Å². The average Bonchev–Trinajstić information content (AvgIpc) is 2.90.